The Morgan fingerprint density at radius 3 is 3.00 bits per heavy atom. The van der Waals surface area contributed by atoms with Crippen molar-refractivity contribution in [3.05, 3.63) is 24.2 Å². The van der Waals surface area contributed by atoms with Crippen molar-refractivity contribution in [1.82, 2.24) is 5.32 Å². The van der Waals surface area contributed by atoms with Crippen molar-refractivity contribution >= 4 is 0 Å². The fourth-order valence-electron chi connectivity index (χ4n) is 2.51. The Bertz CT molecular complexity index is 281. The first kappa shape index (κ1) is 10.7. The number of nitrogens with one attached hydrogen (secondary N) is 1. The van der Waals surface area contributed by atoms with E-state index in [4.69, 9.17) is 4.42 Å². The number of furan rings is 1. The highest BCUT2D eigenvalue weighted by molar-refractivity contribution is 4.98. The summed E-state index contributed by atoms with van der Waals surface area (Å²) in [5, 5.41) is 3.61. The van der Waals surface area contributed by atoms with E-state index in [1.807, 2.05) is 12.1 Å². The Labute approximate surface area is 92.1 Å². The van der Waals surface area contributed by atoms with Gasteiger partial charge in [-0.05, 0) is 30.4 Å². The molecule has 1 fully saturated rings. The second kappa shape index (κ2) is 4.84. The van der Waals surface area contributed by atoms with Crippen LogP contribution in [0, 0.1) is 11.8 Å². The van der Waals surface area contributed by atoms with Gasteiger partial charge in [-0.2, -0.15) is 0 Å². The third kappa shape index (κ3) is 2.63. The van der Waals surface area contributed by atoms with E-state index in [0.717, 1.165) is 24.1 Å². The first-order valence-corrected chi connectivity index (χ1v) is 6.03. The molecule has 1 aliphatic rings. The second-order valence-corrected chi connectivity index (χ2v) is 4.83. The highest BCUT2D eigenvalue weighted by Crippen LogP contribution is 2.29. The van der Waals surface area contributed by atoms with E-state index in [2.05, 4.69) is 19.2 Å². The van der Waals surface area contributed by atoms with Gasteiger partial charge in [0.25, 0.3) is 0 Å². The van der Waals surface area contributed by atoms with Crippen LogP contribution in [0.1, 0.15) is 38.9 Å². The van der Waals surface area contributed by atoms with Gasteiger partial charge in [0.1, 0.15) is 5.76 Å². The van der Waals surface area contributed by atoms with Gasteiger partial charge in [0.05, 0.1) is 12.8 Å². The van der Waals surface area contributed by atoms with Crippen LogP contribution in [0.3, 0.4) is 0 Å². The van der Waals surface area contributed by atoms with Crippen LogP contribution in [-0.2, 0) is 6.54 Å². The summed E-state index contributed by atoms with van der Waals surface area (Å²) in [4.78, 5) is 0. The van der Waals surface area contributed by atoms with E-state index >= 15 is 0 Å². The van der Waals surface area contributed by atoms with Gasteiger partial charge < -0.3 is 9.73 Å². The Hall–Kier alpha value is -0.760. The zero-order valence-corrected chi connectivity index (χ0v) is 9.70. The molecule has 1 aliphatic carbocycles. The van der Waals surface area contributed by atoms with Crippen LogP contribution in [-0.4, -0.2) is 6.04 Å². The zero-order chi connectivity index (χ0) is 10.7. The fraction of sp³-hybridized carbons (Fsp3) is 0.692. The van der Waals surface area contributed by atoms with Crippen LogP contribution < -0.4 is 5.32 Å². The lowest BCUT2D eigenvalue weighted by Crippen LogP contribution is -2.40. The molecule has 0 aliphatic heterocycles. The van der Waals surface area contributed by atoms with Crippen molar-refractivity contribution in [2.75, 3.05) is 0 Å². The normalized spacial score (nSPS) is 31.7. The topological polar surface area (TPSA) is 25.2 Å². The number of hydrogen-bond donors (Lipinski definition) is 1. The maximum Gasteiger partial charge on any atom is 0.117 e. The summed E-state index contributed by atoms with van der Waals surface area (Å²) in [7, 11) is 0. The fourth-order valence-corrected chi connectivity index (χ4v) is 2.51. The van der Waals surface area contributed by atoms with Gasteiger partial charge >= 0.3 is 0 Å². The van der Waals surface area contributed by atoms with Crippen LogP contribution in [0.5, 0.6) is 0 Å². The predicted molar refractivity (Wildman–Crippen MR) is 61.5 cm³/mol. The standard InChI is InChI=1S/C13H21NO/c1-10-5-3-7-13(11(10)2)14-9-12-6-4-8-15-12/h4,6,8,10-11,13-14H,3,5,7,9H2,1-2H3/t10-,11+,13-/m1/s1. The van der Waals surface area contributed by atoms with Crippen LogP contribution >= 0.6 is 0 Å². The molecule has 0 radical (unpaired) electrons. The molecule has 0 saturated heterocycles. The Kier molecular flexibility index (Phi) is 3.47. The molecule has 1 saturated carbocycles. The molecule has 1 aromatic rings. The Morgan fingerprint density at radius 1 is 1.40 bits per heavy atom. The average molecular weight is 207 g/mol. The van der Waals surface area contributed by atoms with Crippen LogP contribution in [0.25, 0.3) is 0 Å². The van der Waals surface area contributed by atoms with E-state index in [1.165, 1.54) is 19.3 Å². The van der Waals surface area contributed by atoms with Gasteiger partial charge in [0.15, 0.2) is 0 Å². The Morgan fingerprint density at radius 2 is 2.27 bits per heavy atom. The third-order valence-corrected chi connectivity index (χ3v) is 3.83. The SMILES string of the molecule is C[C@H]1[C@H](C)CCC[C@H]1NCc1ccco1. The molecule has 2 rings (SSSR count). The molecule has 2 nitrogen and oxygen atoms in total. The molecular formula is C13H21NO. The van der Waals surface area contributed by atoms with Crippen molar-refractivity contribution in [3.63, 3.8) is 0 Å². The van der Waals surface area contributed by atoms with Crippen LogP contribution in [0.15, 0.2) is 22.8 Å². The summed E-state index contributed by atoms with van der Waals surface area (Å²) >= 11 is 0. The third-order valence-electron chi connectivity index (χ3n) is 3.83. The summed E-state index contributed by atoms with van der Waals surface area (Å²) in [5.41, 5.74) is 0. The lowest BCUT2D eigenvalue weighted by molar-refractivity contribution is 0.203. The monoisotopic (exact) mass is 207 g/mol. The van der Waals surface area contributed by atoms with E-state index in [9.17, 15) is 0 Å². The van der Waals surface area contributed by atoms with E-state index < -0.39 is 0 Å². The molecule has 0 spiro atoms. The number of hydrogen-bond acceptors (Lipinski definition) is 2. The van der Waals surface area contributed by atoms with Crippen molar-refractivity contribution in [2.45, 2.75) is 45.7 Å². The van der Waals surface area contributed by atoms with Crippen molar-refractivity contribution < 1.29 is 4.42 Å². The molecule has 1 heterocycles. The molecule has 0 amide bonds. The van der Waals surface area contributed by atoms with Crippen LogP contribution in [0.2, 0.25) is 0 Å². The molecule has 84 valence electrons. The van der Waals surface area contributed by atoms with Crippen molar-refractivity contribution in [1.29, 1.82) is 0 Å². The van der Waals surface area contributed by atoms with E-state index in [0.29, 0.717) is 6.04 Å². The quantitative estimate of drug-likeness (QED) is 0.823. The lowest BCUT2D eigenvalue weighted by Gasteiger charge is -2.34. The molecule has 1 aromatic heterocycles. The molecule has 0 unspecified atom stereocenters. The molecule has 0 bridgehead atoms. The van der Waals surface area contributed by atoms with Crippen molar-refractivity contribution in [2.24, 2.45) is 11.8 Å². The molecule has 15 heavy (non-hydrogen) atoms. The largest absolute Gasteiger partial charge is 0.468 e. The van der Waals surface area contributed by atoms with Gasteiger partial charge in [-0.15, -0.1) is 0 Å². The zero-order valence-electron chi connectivity index (χ0n) is 9.70. The van der Waals surface area contributed by atoms with Gasteiger partial charge in [-0.3, -0.25) is 0 Å². The van der Waals surface area contributed by atoms with E-state index in [1.54, 1.807) is 6.26 Å². The summed E-state index contributed by atoms with van der Waals surface area (Å²) in [5.74, 6) is 2.68. The summed E-state index contributed by atoms with van der Waals surface area (Å²) in [6.07, 6.45) is 5.80. The molecular weight excluding hydrogens is 186 g/mol. The number of rotatable bonds is 3. The summed E-state index contributed by atoms with van der Waals surface area (Å²) < 4.78 is 5.32. The average Bonchev–Trinajstić information content (AvgIpc) is 2.73. The van der Waals surface area contributed by atoms with Gasteiger partial charge in [0, 0.05) is 6.04 Å². The van der Waals surface area contributed by atoms with Crippen molar-refractivity contribution in [3.8, 4) is 0 Å². The first-order chi connectivity index (χ1) is 7.27. The minimum absolute atomic E-state index is 0.666. The molecule has 1 N–H and O–H groups in total. The summed E-state index contributed by atoms with van der Waals surface area (Å²) in [6.45, 7) is 5.60. The smallest absolute Gasteiger partial charge is 0.117 e. The minimum Gasteiger partial charge on any atom is -0.468 e. The molecule has 0 aromatic carbocycles. The maximum absolute atomic E-state index is 5.32. The Balaban J connectivity index is 1.83. The molecule has 3 atom stereocenters. The van der Waals surface area contributed by atoms with Crippen LogP contribution in [0.4, 0.5) is 0 Å². The highest BCUT2D eigenvalue weighted by Gasteiger charge is 2.26. The predicted octanol–water partition coefficient (Wildman–Crippen LogP) is 3.19. The highest BCUT2D eigenvalue weighted by atomic mass is 16.3. The second-order valence-electron chi connectivity index (χ2n) is 4.83. The first-order valence-electron chi connectivity index (χ1n) is 6.03. The van der Waals surface area contributed by atoms with E-state index in [-0.39, 0.29) is 0 Å². The van der Waals surface area contributed by atoms with Gasteiger partial charge in [-0.25, -0.2) is 0 Å². The maximum atomic E-state index is 5.32. The summed E-state index contributed by atoms with van der Waals surface area (Å²) in [6, 6.07) is 4.65. The van der Waals surface area contributed by atoms with Gasteiger partial charge in [-0.1, -0.05) is 26.7 Å². The lowest BCUT2D eigenvalue weighted by atomic mass is 9.78. The van der Waals surface area contributed by atoms with Gasteiger partial charge in [0.2, 0.25) is 0 Å². The minimum atomic E-state index is 0.666. The molecule has 2 heteroatoms.